The Balaban J connectivity index is 2.61. The highest BCUT2D eigenvalue weighted by Crippen LogP contribution is 2.39. The Kier molecular flexibility index (Phi) is 3.32. The maximum Gasteiger partial charge on any atom is 0.348 e. The van der Waals surface area contributed by atoms with Crippen molar-refractivity contribution in [3.05, 3.63) is 39.2 Å². The second-order valence-electron chi connectivity index (χ2n) is 4.07. The van der Waals surface area contributed by atoms with Crippen LogP contribution in [0.15, 0.2) is 18.2 Å². The maximum absolute atomic E-state index is 11.0. The van der Waals surface area contributed by atoms with E-state index in [-0.39, 0.29) is 4.88 Å². The van der Waals surface area contributed by atoms with Gasteiger partial charge in [-0.2, -0.15) is 0 Å². The van der Waals surface area contributed by atoms with Crippen LogP contribution >= 0.6 is 22.9 Å². The van der Waals surface area contributed by atoms with Gasteiger partial charge in [0.15, 0.2) is 0 Å². The Morgan fingerprint density at radius 1 is 1.39 bits per heavy atom. The summed E-state index contributed by atoms with van der Waals surface area (Å²) in [4.78, 5) is 12.1. The van der Waals surface area contributed by atoms with Crippen LogP contribution in [0.4, 0.5) is 5.69 Å². The molecule has 0 saturated heterocycles. The molecule has 3 nitrogen and oxygen atoms in total. The smallest absolute Gasteiger partial charge is 0.348 e. The fraction of sp³-hybridized carbons (Fsp3) is 0.154. The molecular formula is C13H12ClNO2S. The van der Waals surface area contributed by atoms with Gasteiger partial charge in [-0.05, 0) is 36.6 Å². The van der Waals surface area contributed by atoms with Crippen LogP contribution in [0.5, 0.6) is 0 Å². The Morgan fingerprint density at radius 2 is 2.06 bits per heavy atom. The zero-order valence-electron chi connectivity index (χ0n) is 9.95. The number of anilines is 1. The minimum Gasteiger partial charge on any atom is -0.477 e. The summed E-state index contributed by atoms with van der Waals surface area (Å²) in [5.74, 6) is -0.995. The van der Waals surface area contributed by atoms with Gasteiger partial charge in [0, 0.05) is 9.90 Å². The van der Waals surface area contributed by atoms with Crippen molar-refractivity contribution in [3.63, 3.8) is 0 Å². The second-order valence-corrected chi connectivity index (χ2v) is 5.50. The maximum atomic E-state index is 11.0. The molecule has 0 atom stereocenters. The van der Waals surface area contributed by atoms with Crippen LogP contribution in [0.3, 0.4) is 0 Å². The van der Waals surface area contributed by atoms with E-state index in [1.165, 1.54) is 11.3 Å². The molecule has 0 saturated carbocycles. The van der Waals surface area contributed by atoms with E-state index in [1.54, 1.807) is 0 Å². The second kappa shape index (κ2) is 4.63. The number of hydrogen-bond donors (Lipinski definition) is 2. The Labute approximate surface area is 114 Å². The van der Waals surface area contributed by atoms with Crippen LogP contribution in [-0.4, -0.2) is 11.1 Å². The topological polar surface area (TPSA) is 63.3 Å². The Bertz CT molecular complexity index is 634. The highest BCUT2D eigenvalue weighted by molar-refractivity contribution is 7.18. The summed E-state index contributed by atoms with van der Waals surface area (Å²) in [5.41, 5.74) is 8.81. The molecule has 3 N–H and O–H groups in total. The number of hydrogen-bond acceptors (Lipinski definition) is 3. The van der Waals surface area contributed by atoms with Gasteiger partial charge in [0.1, 0.15) is 4.88 Å². The van der Waals surface area contributed by atoms with Crippen LogP contribution in [0.25, 0.3) is 10.4 Å². The first-order valence-corrected chi connectivity index (χ1v) is 6.50. The van der Waals surface area contributed by atoms with E-state index in [0.717, 1.165) is 21.6 Å². The number of carboxylic acid groups (broad SMARTS) is 1. The SMILES string of the molecule is Cc1ccc(-c2sc(C(=O)O)c(N)c2C)cc1Cl. The lowest BCUT2D eigenvalue weighted by Crippen LogP contribution is -1.97. The average molecular weight is 282 g/mol. The first kappa shape index (κ1) is 12.9. The van der Waals surface area contributed by atoms with E-state index in [1.807, 2.05) is 32.0 Å². The molecule has 0 aliphatic carbocycles. The lowest BCUT2D eigenvalue weighted by molar-refractivity contribution is 0.0703. The third kappa shape index (κ3) is 2.09. The molecule has 2 aromatic rings. The molecule has 0 unspecified atom stereocenters. The molecule has 1 aromatic heterocycles. The lowest BCUT2D eigenvalue weighted by atomic mass is 10.1. The molecule has 1 aromatic carbocycles. The van der Waals surface area contributed by atoms with Crippen molar-refractivity contribution in [2.75, 3.05) is 5.73 Å². The average Bonchev–Trinajstić information content (AvgIpc) is 2.60. The summed E-state index contributed by atoms with van der Waals surface area (Å²) in [6, 6.07) is 5.67. The van der Waals surface area contributed by atoms with Crippen molar-refractivity contribution < 1.29 is 9.90 Å². The normalized spacial score (nSPS) is 10.6. The Hall–Kier alpha value is -1.52. The zero-order valence-corrected chi connectivity index (χ0v) is 11.5. The van der Waals surface area contributed by atoms with Crippen LogP contribution < -0.4 is 5.73 Å². The summed E-state index contributed by atoms with van der Waals surface area (Å²) in [5, 5.41) is 9.72. The quantitative estimate of drug-likeness (QED) is 0.875. The number of benzene rings is 1. The standard InChI is InChI=1S/C13H12ClNO2S/c1-6-3-4-8(5-9(6)14)11-7(2)10(15)12(18-11)13(16)17/h3-5H,15H2,1-2H3,(H,16,17). The van der Waals surface area contributed by atoms with Crippen molar-refractivity contribution >= 4 is 34.6 Å². The molecule has 0 aliphatic heterocycles. The van der Waals surface area contributed by atoms with E-state index in [4.69, 9.17) is 22.4 Å². The van der Waals surface area contributed by atoms with Crippen LogP contribution in [0, 0.1) is 13.8 Å². The van der Waals surface area contributed by atoms with Crippen LogP contribution in [0.2, 0.25) is 5.02 Å². The summed E-state index contributed by atoms with van der Waals surface area (Å²) in [6.07, 6.45) is 0. The van der Waals surface area contributed by atoms with Gasteiger partial charge in [-0.15, -0.1) is 11.3 Å². The van der Waals surface area contributed by atoms with E-state index in [9.17, 15) is 4.79 Å². The van der Waals surface area contributed by atoms with Gasteiger partial charge in [-0.25, -0.2) is 4.79 Å². The van der Waals surface area contributed by atoms with Gasteiger partial charge < -0.3 is 10.8 Å². The van der Waals surface area contributed by atoms with Crippen molar-refractivity contribution in [1.29, 1.82) is 0 Å². The fourth-order valence-corrected chi connectivity index (χ4v) is 2.94. The lowest BCUT2D eigenvalue weighted by Gasteiger charge is -2.03. The number of halogens is 1. The van der Waals surface area contributed by atoms with Gasteiger partial charge in [0.05, 0.1) is 5.69 Å². The number of carbonyl (C=O) groups is 1. The van der Waals surface area contributed by atoms with Crippen molar-refractivity contribution in [2.24, 2.45) is 0 Å². The third-order valence-corrected chi connectivity index (χ3v) is 4.57. The molecule has 0 spiro atoms. The van der Waals surface area contributed by atoms with Crippen molar-refractivity contribution in [2.45, 2.75) is 13.8 Å². The monoisotopic (exact) mass is 281 g/mol. The van der Waals surface area contributed by atoms with Gasteiger partial charge in [-0.1, -0.05) is 23.7 Å². The number of aromatic carboxylic acids is 1. The number of nitrogen functional groups attached to an aromatic ring is 1. The van der Waals surface area contributed by atoms with E-state index >= 15 is 0 Å². The number of aryl methyl sites for hydroxylation is 1. The van der Waals surface area contributed by atoms with Gasteiger partial charge >= 0.3 is 5.97 Å². The first-order chi connectivity index (χ1) is 8.41. The van der Waals surface area contributed by atoms with Crippen LogP contribution in [-0.2, 0) is 0 Å². The molecule has 1 heterocycles. The Morgan fingerprint density at radius 3 is 2.56 bits per heavy atom. The molecule has 2 rings (SSSR count). The molecule has 0 amide bonds. The van der Waals surface area contributed by atoms with E-state index in [0.29, 0.717) is 10.7 Å². The minimum absolute atomic E-state index is 0.180. The van der Waals surface area contributed by atoms with Crippen molar-refractivity contribution in [1.82, 2.24) is 0 Å². The molecule has 94 valence electrons. The fourth-order valence-electron chi connectivity index (χ4n) is 1.69. The van der Waals surface area contributed by atoms with E-state index in [2.05, 4.69) is 0 Å². The molecule has 18 heavy (non-hydrogen) atoms. The molecule has 0 radical (unpaired) electrons. The first-order valence-electron chi connectivity index (χ1n) is 5.30. The zero-order chi connectivity index (χ0) is 13.4. The van der Waals surface area contributed by atoms with Gasteiger partial charge in [0.2, 0.25) is 0 Å². The summed E-state index contributed by atoms with van der Waals surface area (Å²) in [6.45, 7) is 3.74. The predicted molar refractivity (Wildman–Crippen MR) is 75.6 cm³/mol. The largest absolute Gasteiger partial charge is 0.477 e. The molecule has 0 fully saturated rings. The summed E-state index contributed by atoms with van der Waals surface area (Å²) in [7, 11) is 0. The minimum atomic E-state index is -0.995. The predicted octanol–water partition coefficient (Wildman–Crippen LogP) is 3.97. The summed E-state index contributed by atoms with van der Waals surface area (Å²) < 4.78 is 0. The highest BCUT2D eigenvalue weighted by Gasteiger charge is 2.18. The molecule has 0 aliphatic rings. The van der Waals surface area contributed by atoms with Crippen molar-refractivity contribution in [3.8, 4) is 10.4 Å². The van der Waals surface area contributed by atoms with Gasteiger partial charge in [-0.3, -0.25) is 0 Å². The number of nitrogens with two attached hydrogens (primary N) is 1. The van der Waals surface area contributed by atoms with Gasteiger partial charge in [0.25, 0.3) is 0 Å². The molecular weight excluding hydrogens is 270 g/mol. The molecule has 0 bridgehead atoms. The molecule has 5 heteroatoms. The number of thiophene rings is 1. The number of rotatable bonds is 2. The third-order valence-electron chi connectivity index (χ3n) is 2.82. The van der Waals surface area contributed by atoms with Crippen LogP contribution in [0.1, 0.15) is 20.8 Å². The van der Waals surface area contributed by atoms with E-state index < -0.39 is 5.97 Å². The number of carboxylic acids is 1. The summed E-state index contributed by atoms with van der Waals surface area (Å²) >= 11 is 7.26. The highest BCUT2D eigenvalue weighted by atomic mass is 35.5.